The van der Waals surface area contributed by atoms with E-state index in [9.17, 15) is 5.11 Å². The van der Waals surface area contributed by atoms with E-state index in [0.717, 1.165) is 11.8 Å². The predicted octanol–water partition coefficient (Wildman–Crippen LogP) is 4.08. The molecule has 1 nitrogen and oxygen atoms in total. The Morgan fingerprint density at radius 2 is 1.82 bits per heavy atom. The molecule has 1 heteroatoms. The molecule has 2 rings (SSSR count). The second kappa shape index (κ2) is 5.68. The van der Waals surface area contributed by atoms with Crippen LogP contribution in [0.3, 0.4) is 0 Å². The number of benzene rings is 1. The van der Waals surface area contributed by atoms with Crippen LogP contribution in [0.1, 0.15) is 62.5 Å². The molecule has 0 radical (unpaired) electrons. The molecule has 0 spiro atoms. The Labute approximate surface area is 105 Å². The second-order valence-corrected chi connectivity index (χ2v) is 5.67. The van der Waals surface area contributed by atoms with E-state index >= 15 is 0 Å². The first kappa shape index (κ1) is 12.6. The van der Waals surface area contributed by atoms with Crippen molar-refractivity contribution in [3.8, 4) is 0 Å². The van der Waals surface area contributed by atoms with E-state index in [1.807, 2.05) is 0 Å². The van der Waals surface area contributed by atoms with Crippen LogP contribution in [0.15, 0.2) is 24.3 Å². The summed E-state index contributed by atoms with van der Waals surface area (Å²) in [5, 5.41) is 9.35. The zero-order chi connectivity index (χ0) is 12.3. The van der Waals surface area contributed by atoms with E-state index in [2.05, 4.69) is 38.1 Å². The summed E-state index contributed by atoms with van der Waals surface area (Å²) < 4.78 is 0. The van der Waals surface area contributed by atoms with E-state index in [1.54, 1.807) is 0 Å². The highest BCUT2D eigenvalue weighted by Crippen LogP contribution is 2.38. The van der Waals surface area contributed by atoms with Gasteiger partial charge in [0.25, 0.3) is 0 Å². The van der Waals surface area contributed by atoms with Crippen LogP contribution in [0.4, 0.5) is 0 Å². The van der Waals surface area contributed by atoms with Crippen LogP contribution in [-0.2, 0) is 0 Å². The third kappa shape index (κ3) is 2.90. The molecule has 1 unspecified atom stereocenters. The normalized spacial score (nSPS) is 26.8. The maximum Gasteiger partial charge on any atom is 0.0497 e. The largest absolute Gasteiger partial charge is 0.396 e. The predicted molar refractivity (Wildman–Crippen MR) is 72.3 cm³/mol. The highest BCUT2D eigenvalue weighted by molar-refractivity contribution is 5.33. The van der Waals surface area contributed by atoms with Crippen molar-refractivity contribution in [2.45, 2.75) is 51.4 Å². The first-order valence-electron chi connectivity index (χ1n) is 6.92. The van der Waals surface area contributed by atoms with E-state index in [-0.39, 0.29) is 12.5 Å². The molecule has 0 bridgehead atoms. The van der Waals surface area contributed by atoms with Crippen molar-refractivity contribution in [1.29, 1.82) is 0 Å². The lowest BCUT2D eigenvalue weighted by Crippen LogP contribution is -2.14. The number of rotatable bonds is 3. The van der Waals surface area contributed by atoms with Gasteiger partial charge in [0, 0.05) is 12.5 Å². The van der Waals surface area contributed by atoms with Gasteiger partial charge in [-0.1, -0.05) is 51.0 Å². The summed E-state index contributed by atoms with van der Waals surface area (Å²) in [5.74, 6) is 1.88. The van der Waals surface area contributed by atoms with Gasteiger partial charge in [0.2, 0.25) is 0 Å². The monoisotopic (exact) mass is 232 g/mol. The highest BCUT2D eigenvalue weighted by atomic mass is 16.3. The van der Waals surface area contributed by atoms with Crippen molar-refractivity contribution in [1.82, 2.24) is 0 Å². The average molecular weight is 232 g/mol. The smallest absolute Gasteiger partial charge is 0.0497 e. The summed E-state index contributed by atoms with van der Waals surface area (Å²) in [6.45, 7) is 4.73. The van der Waals surface area contributed by atoms with Crippen molar-refractivity contribution < 1.29 is 5.11 Å². The maximum absolute atomic E-state index is 9.35. The van der Waals surface area contributed by atoms with Gasteiger partial charge >= 0.3 is 0 Å². The fourth-order valence-corrected chi connectivity index (χ4v) is 3.00. The SMILES string of the molecule is CC1CCC(c2ccccc2C(C)CO)CC1. The molecule has 1 fully saturated rings. The standard InChI is InChI=1S/C16H24O/c1-12-7-9-14(10-8-12)16-6-4-3-5-15(16)13(2)11-17/h3-6,12-14,17H,7-11H2,1-2H3. The van der Waals surface area contributed by atoms with Gasteiger partial charge in [-0.2, -0.15) is 0 Å². The molecule has 1 aromatic rings. The summed E-state index contributed by atoms with van der Waals surface area (Å²) in [6, 6.07) is 8.69. The second-order valence-electron chi connectivity index (χ2n) is 5.67. The Morgan fingerprint density at radius 3 is 2.47 bits per heavy atom. The molecular formula is C16H24O. The lowest BCUT2D eigenvalue weighted by atomic mass is 9.77. The van der Waals surface area contributed by atoms with Gasteiger partial charge in [-0.3, -0.25) is 0 Å². The van der Waals surface area contributed by atoms with Gasteiger partial charge in [-0.15, -0.1) is 0 Å². The molecule has 0 amide bonds. The molecule has 1 aliphatic carbocycles. The zero-order valence-electron chi connectivity index (χ0n) is 11.0. The van der Waals surface area contributed by atoms with Gasteiger partial charge < -0.3 is 5.11 Å². The van der Waals surface area contributed by atoms with Gasteiger partial charge in [0.15, 0.2) is 0 Å². The van der Waals surface area contributed by atoms with Gasteiger partial charge in [-0.25, -0.2) is 0 Å². The van der Waals surface area contributed by atoms with Crippen molar-refractivity contribution in [3.05, 3.63) is 35.4 Å². The Balaban J connectivity index is 2.19. The summed E-state index contributed by atoms with van der Waals surface area (Å²) in [6.07, 6.45) is 5.34. The molecule has 0 aromatic heterocycles. The third-order valence-corrected chi connectivity index (χ3v) is 4.26. The molecule has 1 N–H and O–H groups in total. The molecule has 1 aromatic carbocycles. The Morgan fingerprint density at radius 1 is 1.18 bits per heavy atom. The fraction of sp³-hybridized carbons (Fsp3) is 0.625. The van der Waals surface area contributed by atoms with Gasteiger partial charge in [-0.05, 0) is 35.8 Å². The van der Waals surface area contributed by atoms with Crippen LogP contribution >= 0.6 is 0 Å². The molecule has 0 aliphatic heterocycles. The van der Waals surface area contributed by atoms with E-state index in [1.165, 1.54) is 36.8 Å². The van der Waals surface area contributed by atoms with Crippen LogP contribution in [0.25, 0.3) is 0 Å². The van der Waals surface area contributed by atoms with Crippen LogP contribution < -0.4 is 0 Å². The minimum Gasteiger partial charge on any atom is -0.396 e. The summed E-state index contributed by atoms with van der Waals surface area (Å²) >= 11 is 0. The molecule has 1 saturated carbocycles. The number of hydrogen-bond acceptors (Lipinski definition) is 1. The number of aliphatic hydroxyl groups excluding tert-OH is 1. The van der Waals surface area contributed by atoms with E-state index in [0.29, 0.717) is 0 Å². The molecule has 1 atom stereocenters. The molecule has 1 aliphatic rings. The Hall–Kier alpha value is -0.820. The summed E-state index contributed by atoms with van der Waals surface area (Å²) in [5.41, 5.74) is 2.84. The van der Waals surface area contributed by atoms with Crippen molar-refractivity contribution in [2.75, 3.05) is 6.61 Å². The number of aliphatic hydroxyl groups is 1. The topological polar surface area (TPSA) is 20.2 Å². The molecule has 94 valence electrons. The van der Waals surface area contributed by atoms with Crippen LogP contribution in [0, 0.1) is 5.92 Å². The Bertz CT molecular complexity index is 350. The molecule has 0 heterocycles. The van der Waals surface area contributed by atoms with Crippen molar-refractivity contribution in [2.24, 2.45) is 5.92 Å². The maximum atomic E-state index is 9.35. The zero-order valence-corrected chi connectivity index (χ0v) is 11.0. The van der Waals surface area contributed by atoms with Crippen molar-refractivity contribution in [3.63, 3.8) is 0 Å². The molecule has 17 heavy (non-hydrogen) atoms. The third-order valence-electron chi connectivity index (χ3n) is 4.26. The molecular weight excluding hydrogens is 208 g/mol. The van der Waals surface area contributed by atoms with Crippen molar-refractivity contribution >= 4 is 0 Å². The van der Waals surface area contributed by atoms with Gasteiger partial charge in [0.05, 0.1) is 0 Å². The van der Waals surface area contributed by atoms with Crippen LogP contribution in [-0.4, -0.2) is 11.7 Å². The lowest BCUT2D eigenvalue weighted by Gasteiger charge is -2.29. The lowest BCUT2D eigenvalue weighted by molar-refractivity contribution is 0.271. The number of hydrogen-bond donors (Lipinski definition) is 1. The van der Waals surface area contributed by atoms with Gasteiger partial charge in [0.1, 0.15) is 0 Å². The van der Waals surface area contributed by atoms with Crippen LogP contribution in [0.5, 0.6) is 0 Å². The minimum absolute atomic E-state index is 0.250. The minimum atomic E-state index is 0.250. The first-order valence-corrected chi connectivity index (χ1v) is 6.92. The Kier molecular flexibility index (Phi) is 4.22. The first-order chi connectivity index (χ1) is 8.22. The van der Waals surface area contributed by atoms with E-state index in [4.69, 9.17) is 0 Å². The van der Waals surface area contributed by atoms with Crippen LogP contribution in [0.2, 0.25) is 0 Å². The summed E-state index contributed by atoms with van der Waals surface area (Å²) in [7, 11) is 0. The highest BCUT2D eigenvalue weighted by Gasteiger charge is 2.22. The average Bonchev–Trinajstić information content (AvgIpc) is 2.39. The van der Waals surface area contributed by atoms with E-state index < -0.39 is 0 Å². The quantitative estimate of drug-likeness (QED) is 0.832. The fourth-order valence-electron chi connectivity index (χ4n) is 3.00. The summed E-state index contributed by atoms with van der Waals surface area (Å²) in [4.78, 5) is 0. The molecule has 0 saturated heterocycles.